The fraction of sp³-hybridized carbons (Fsp3) is 0.250. The summed E-state index contributed by atoms with van der Waals surface area (Å²) in [6.45, 7) is 1.25. The molecular weight excluding hydrogens is 725 g/mol. The lowest BCUT2D eigenvalue weighted by molar-refractivity contribution is -0.120. The summed E-state index contributed by atoms with van der Waals surface area (Å²) in [6.07, 6.45) is 5.93. The van der Waals surface area contributed by atoms with E-state index in [1.54, 1.807) is 49.2 Å². The van der Waals surface area contributed by atoms with Gasteiger partial charge in [-0.25, -0.2) is 28.2 Å². The number of carbonyl (C=O) groups is 2. The molecule has 12 nitrogen and oxygen atoms in total. The second kappa shape index (κ2) is 17.6. The smallest absolute Gasteiger partial charge is 0.407 e. The van der Waals surface area contributed by atoms with Crippen molar-refractivity contribution in [1.82, 2.24) is 29.6 Å². The van der Waals surface area contributed by atoms with Crippen LogP contribution in [-0.2, 0) is 38.9 Å². The van der Waals surface area contributed by atoms with E-state index in [1.165, 1.54) is 35.1 Å². The number of aryl methyl sites for hydroxylation is 2. The lowest BCUT2D eigenvalue weighted by Crippen LogP contribution is -2.46. The molecule has 0 aliphatic heterocycles. The third-order valence-electron chi connectivity index (χ3n) is 9.44. The van der Waals surface area contributed by atoms with Gasteiger partial charge in [0.15, 0.2) is 5.78 Å². The number of carbonyl (C=O) groups excluding carboxylic acids is 2. The normalized spacial score (nSPS) is 12.8. The number of nitrogens with zero attached hydrogens (tertiary/aromatic N) is 5. The quantitative estimate of drug-likeness (QED) is 0.126. The van der Waals surface area contributed by atoms with E-state index in [1.807, 2.05) is 60.7 Å². The molecule has 0 unspecified atom stereocenters. The van der Waals surface area contributed by atoms with Gasteiger partial charge in [-0.15, -0.1) is 11.3 Å². The number of pyridine rings is 1. The van der Waals surface area contributed by atoms with Gasteiger partial charge in [0.2, 0.25) is 10.0 Å². The van der Waals surface area contributed by atoms with E-state index in [2.05, 4.69) is 25.3 Å². The zero-order chi connectivity index (χ0) is 38.1. The molecule has 3 aromatic carbocycles. The van der Waals surface area contributed by atoms with Crippen LogP contribution >= 0.6 is 11.3 Å². The molecule has 0 saturated heterocycles. The van der Waals surface area contributed by atoms with Crippen molar-refractivity contribution in [3.05, 3.63) is 149 Å². The zero-order valence-corrected chi connectivity index (χ0v) is 31.4. The first-order valence-corrected chi connectivity index (χ1v) is 19.6. The van der Waals surface area contributed by atoms with Gasteiger partial charge in [0, 0.05) is 54.8 Å². The van der Waals surface area contributed by atoms with Crippen molar-refractivity contribution in [3.8, 4) is 0 Å². The number of Topliss-reactive ketones (excluding diaryl/α,β-unsaturated/α-hetero) is 1. The molecule has 54 heavy (non-hydrogen) atoms. The first kappa shape index (κ1) is 38.3. The highest BCUT2D eigenvalue weighted by molar-refractivity contribution is 7.89. The van der Waals surface area contributed by atoms with Crippen LogP contribution < -0.4 is 5.32 Å². The molecule has 0 bridgehead atoms. The van der Waals surface area contributed by atoms with E-state index in [0.717, 1.165) is 21.4 Å². The molecule has 278 valence electrons. The predicted octanol–water partition coefficient (Wildman–Crippen LogP) is 5.64. The van der Waals surface area contributed by atoms with E-state index in [0.29, 0.717) is 28.8 Å². The van der Waals surface area contributed by atoms with E-state index in [9.17, 15) is 23.1 Å². The number of aliphatic hydroxyl groups excluding tert-OH is 1. The van der Waals surface area contributed by atoms with Crippen LogP contribution in [0.5, 0.6) is 0 Å². The van der Waals surface area contributed by atoms with Crippen molar-refractivity contribution in [2.45, 2.75) is 55.6 Å². The number of methoxy groups -OCH3 is 1. The number of aromatic nitrogens is 4. The minimum atomic E-state index is -4.14. The Balaban J connectivity index is 1.29. The number of benzene rings is 3. The summed E-state index contributed by atoms with van der Waals surface area (Å²) in [7, 11) is -2.89. The zero-order valence-electron chi connectivity index (χ0n) is 29.8. The molecule has 0 spiro atoms. The number of fused-ring (bicyclic) bond motifs is 1. The Hall–Kier alpha value is -5.41. The first-order chi connectivity index (χ1) is 26.2. The fourth-order valence-corrected chi connectivity index (χ4v) is 8.97. The number of nitrogens with one attached hydrogen (secondary N) is 1. The average molecular weight is 765 g/mol. The van der Waals surface area contributed by atoms with Crippen molar-refractivity contribution in [2.75, 3.05) is 13.7 Å². The Morgan fingerprint density at radius 2 is 1.61 bits per heavy atom. The minimum absolute atomic E-state index is 0.0656. The number of alkyl carbamates (subject to hydrolysis) is 1. The van der Waals surface area contributed by atoms with Crippen LogP contribution in [0.25, 0.3) is 10.2 Å². The van der Waals surface area contributed by atoms with E-state index < -0.39 is 40.7 Å². The highest BCUT2D eigenvalue weighted by Crippen LogP contribution is 2.31. The van der Waals surface area contributed by atoms with Crippen molar-refractivity contribution >= 4 is 43.5 Å². The van der Waals surface area contributed by atoms with Gasteiger partial charge in [-0.2, -0.15) is 4.31 Å². The van der Waals surface area contributed by atoms with Crippen LogP contribution in [0.15, 0.2) is 120 Å². The van der Waals surface area contributed by atoms with Crippen LogP contribution in [0, 0.1) is 6.92 Å². The standard InChI is InChI=1S/C40H40N6O6S2/c1-27-32(22-42-25-43-27)23-46(54(50,51)34-15-16-35-37(20-34)53-26-44-35)33(24-47)14-13-28-17-18-41-21-31(28)19-36(48)39(45-40(49)52-2)38(29-9-5-3-6-10-29)30-11-7-4-8-12-30/h3-12,15-18,20-22,25-26,33,38-39,47H,13-14,19,23-24H2,1-2H3,(H,45,49)/t33-,39+/m0/s1. The number of rotatable bonds is 16. The summed E-state index contributed by atoms with van der Waals surface area (Å²) in [4.78, 5) is 44.1. The highest BCUT2D eigenvalue weighted by Gasteiger charge is 2.34. The molecular formula is C40H40N6O6S2. The molecule has 6 rings (SSSR count). The molecule has 0 fully saturated rings. The topological polar surface area (TPSA) is 165 Å². The summed E-state index contributed by atoms with van der Waals surface area (Å²) >= 11 is 1.34. The maximum absolute atomic E-state index is 14.4. The van der Waals surface area contributed by atoms with E-state index in [4.69, 9.17) is 4.74 Å². The van der Waals surface area contributed by atoms with Crippen LogP contribution in [0.1, 0.15) is 45.8 Å². The summed E-state index contributed by atoms with van der Waals surface area (Å²) in [6, 6.07) is 23.7. The number of aliphatic hydroxyl groups is 1. The minimum Gasteiger partial charge on any atom is -0.453 e. The lowest BCUT2D eigenvalue weighted by atomic mass is 9.81. The van der Waals surface area contributed by atoms with Gasteiger partial charge in [0.1, 0.15) is 12.4 Å². The molecule has 2 atom stereocenters. The Labute approximate surface area is 318 Å². The fourth-order valence-electron chi connectivity index (χ4n) is 6.52. The summed E-state index contributed by atoms with van der Waals surface area (Å²) in [5.41, 5.74) is 6.63. The highest BCUT2D eigenvalue weighted by atomic mass is 32.2. The Morgan fingerprint density at radius 1 is 0.907 bits per heavy atom. The Kier molecular flexibility index (Phi) is 12.5. The number of sulfonamides is 1. The van der Waals surface area contributed by atoms with E-state index in [-0.39, 0.29) is 30.1 Å². The van der Waals surface area contributed by atoms with Gasteiger partial charge in [-0.3, -0.25) is 9.78 Å². The maximum atomic E-state index is 14.4. The maximum Gasteiger partial charge on any atom is 0.407 e. The van der Waals surface area contributed by atoms with Crippen molar-refractivity contribution < 1.29 is 27.9 Å². The molecule has 0 radical (unpaired) electrons. The molecule has 14 heteroatoms. The lowest BCUT2D eigenvalue weighted by Gasteiger charge is -2.30. The molecule has 6 aromatic rings. The van der Waals surface area contributed by atoms with Crippen LogP contribution in [0.2, 0.25) is 0 Å². The van der Waals surface area contributed by atoms with Crippen LogP contribution in [-0.4, -0.2) is 75.4 Å². The SMILES string of the molecule is COC(=O)N[C@H](C(=O)Cc1cnccc1CC[C@@H](CO)N(Cc1cncnc1C)S(=O)(=O)c1ccc2ncsc2c1)C(c1ccccc1)c1ccccc1. The van der Waals surface area contributed by atoms with Gasteiger partial charge in [-0.1, -0.05) is 60.7 Å². The summed E-state index contributed by atoms with van der Waals surface area (Å²) < 4.78 is 35.7. The van der Waals surface area contributed by atoms with Crippen molar-refractivity contribution in [2.24, 2.45) is 0 Å². The number of amides is 1. The molecule has 3 aromatic heterocycles. The molecule has 0 aliphatic carbocycles. The number of hydrogen-bond donors (Lipinski definition) is 2. The predicted molar refractivity (Wildman–Crippen MR) is 205 cm³/mol. The van der Waals surface area contributed by atoms with Gasteiger partial charge < -0.3 is 15.2 Å². The molecule has 2 N–H and O–H groups in total. The second-order valence-corrected chi connectivity index (χ2v) is 15.5. The second-order valence-electron chi connectivity index (χ2n) is 12.7. The Morgan fingerprint density at radius 3 is 2.28 bits per heavy atom. The summed E-state index contributed by atoms with van der Waals surface area (Å²) in [5.74, 6) is -0.792. The molecule has 1 amide bonds. The van der Waals surface area contributed by atoms with Crippen molar-refractivity contribution in [3.63, 3.8) is 0 Å². The van der Waals surface area contributed by atoms with Crippen LogP contribution in [0.4, 0.5) is 4.79 Å². The third kappa shape index (κ3) is 8.85. The monoisotopic (exact) mass is 764 g/mol. The van der Waals surface area contributed by atoms with Gasteiger partial charge in [0.05, 0.1) is 34.3 Å². The molecule has 0 saturated carbocycles. The van der Waals surface area contributed by atoms with Crippen LogP contribution in [0.3, 0.4) is 0 Å². The number of ether oxygens (including phenoxy) is 1. The van der Waals surface area contributed by atoms with Gasteiger partial charge in [-0.05, 0) is 66.3 Å². The first-order valence-electron chi connectivity index (χ1n) is 17.3. The van der Waals surface area contributed by atoms with Crippen molar-refractivity contribution in [1.29, 1.82) is 0 Å². The summed E-state index contributed by atoms with van der Waals surface area (Å²) in [5, 5.41) is 13.6. The number of ketones is 1. The molecule has 0 aliphatic rings. The van der Waals surface area contributed by atoms with E-state index >= 15 is 0 Å². The average Bonchev–Trinajstić information content (AvgIpc) is 3.68. The van der Waals surface area contributed by atoms with Gasteiger partial charge >= 0.3 is 6.09 Å². The largest absolute Gasteiger partial charge is 0.453 e. The Bertz CT molecular complexity index is 2270. The number of hydrogen-bond acceptors (Lipinski definition) is 11. The number of thiazole rings is 1. The molecule has 3 heterocycles. The third-order valence-corrected chi connectivity index (χ3v) is 12.1. The van der Waals surface area contributed by atoms with Gasteiger partial charge in [0.25, 0.3) is 0 Å².